The van der Waals surface area contributed by atoms with Gasteiger partial charge in [0.15, 0.2) is 6.29 Å². The van der Waals surface area contributed by atoms with Gasteiger partial charge < -0.3 is 18.9 Å². The van der Waals surface area contributed by atoms with Gasteiger partial charge in [0.1, 0.15) is 6.10 Å². The first kappa shape index (κ1) is 31.2. The van der Waals surface area contributed by atoms with Gasteiger partial charge in [-0.3, -0.25) is 0 Å². The Balaban J connectivity index is 2.00. The zero-order chi connectivity index (χ0) is 28.9. The van der Waals surface area contributed by atoms with Gasteiger partial charge in [0.2, 0.25) is 6.29 Å². The maximum atomic E-state index is 14.2. The molecule has 1 aromatic carbocycles. The Labute approximate surface area is 228 Å². The van der Waals surface area contributed by atoms with Crippen molar-refractivity contribution in [2.24, 2.45) is 39.7 Å². The molecule has 39 heavy (non-hydrogen) atoms. The highest BCUT2D eigenvalue weighted by molar-refractivity contribution is 5.84. The molecule has 0 bridgehead atoms. The molecule has 0 aliphatic carbocycles. The van der Waals surface area contributed by atoms with E-state index in [1.165, 1.54) is 12.1 Å². The molecule has 3 rings (SSSR count). The first-order chi connectivity index (χ1) is 18.4. The second-order valence-electron chi connectivity index (χ2n) is 10.9. The highest BCUT2D eigenvalue weighted by Crippen LogP contribution is 2.41. The summed E-state index contributed by atoms with van der Waals surface area (Å²) in [5.74, 6) is -1.63. The van der Waals surface area contributed by atoms with Gasteiger partial charge in [0, 0.05) is 4.91 Å². The number of alkyl halides is 3. The minimum atomic E-state index is -4.87. The molecule has 11 heteroatoms. The Morgan fingerprint density at radius 1 is 1.00 bits per heavy atom. The molecule has 0 amide bonds. The van der Waals surface area contributed by atoms with Crippen molar-refractivity contribution in [2.45, 2.75) is 104 Å². The minimum absolute atomic E-state index is 0.0509. The maximum Gasteiger partial charge on any atom is 0.468 e. The second-order valence-corrected chi connectivity index (χ2v) is 10.9. The lowest BCUT2D eigenvalue weighted by atomic mass is 9.78. The van der Waals surface area contributed by atoms with Crippen molar-refractivity contribution in [1.29, 1.82) is 0 Å². The third-order valence-electron chi connectivity index (χ3n) is 8.51. The first-order valence-corrected chi connectivity index (χ1v) is 13.8. The van der Waals surface area contributed by atoms with Crippen molar-refractivity contribution in [3.05, 3.63) is 40.8 Å². The summed E-state index contributed by atoms with van der Waals surface area (Å²) in [5, 5.41) is 3.96. The van der Waals surface area contributed by atoms with E-state index in [1.54, 1.807) is 18.2 Å². The molecule has 6 unspecified atom stereocenters. The number of hydrogen-bond donors (Lipinski definition) is 0. The van der Waals surface area contributed by atoms with E-state index in [2.05, 4.69) is 15.0 Å². The smallest absolute Gasteiger partial charge is 0.441 e. The molecular weight excluding hydrogens is 513 g/mol. The van der Waals surface area contributed by atoms with E-state index in [-0.39, 0.29) is 47.5 Å². The van der Waals surface area contributed by atoms with Gasteiger partial charge in [-0.25, -0.2) is 4.99 Å². The van der Waals surface area contributed by atoms with Gasteiger partial charge in [-0.2, -0.15) is 13.2 Å². The van der Waals surface area contributed by atoms with Crippen LogP contribution in [0.4, 0.5) is 18.9 Å². The monoisotopic (exact) mass is 554 g/mol. The van der Waals surface area contributed by atoms with Crippen molar-refractivity contribution in [3.8, 4) is 0 Å². The molecule has 8 nitrogen and oxygen atoms in total. The van der Waals surface area contributed by atoms with E-state index in [4.69, 9.17) is 18.9 Å². The van der Waals surface area contributed by atoms with Gasteiger partial charge >= 0.3 is 6.18 Å². The minimum Gasteiger partial charge on any atom is -0.441 e. The molecular formula is C28H41F3N4O4. The van der Waals surface area contributed by atoms with Crippen LogP contribution in [0.1, 0.15) is 61.3 Å². The molecule has 0 N–H and O–H groups in total. The van der Waals surface area contributed by atoms with Crippen molar-refractivity contribution in [1.82, 2.24) is 0 Å². The van der Waals surface area contributed by atoms with E-state index in [9.17, 15) is 18.7 Å². The molecule has 1 aromatic rings. The summed E-state index contributed by atoms with van der Waals surface area (Å²) in [6.45, 7) is 13.9. The highest BCUT2D eigenvalue weighted by atomic mass is 19.4. The number of para-hydroxylation sites is 1. The third kappa shape index (κ3) is 7.25. The standard InChI is InChI=1S/C28H41F3N4O4/c1-8-15(3)23-18(6)19(7)24(38-25-22(34-35-32)17(5)16(4)21(9-2)36-25)26(37-23)39-27(28(29,30)31)33-20-13-11-10-12-14-20/h10-19,21-26H,8-9H2,1-7H3/b33-27+/t15-,16-,17?,18-,19-,21?,22?,23?,24?,25+,26?/m0/s1. The summed E-state index contributed by atoms with van der Waals surface area (Å²) in [5.41, 5.74) is 9.35. The predicted octanol–water partition coefficient (Wildman–Crippen LogP) is 7.81. The summed E-state index contributed by atoms with van der Waals surface area (Å²) >= 11 is 0. The molecule has 0 spiro atoms. The van der Waals surface area contributed by atoms with Gasteiger partial charge in [0.05, 0.1) is 23.9 Å². The number of nitrogens with zero attached hydrogens (tertiary/aromatic N) is 4. The maximum absolute atomic E-state index is 14.2. The van der Waals surface area contributed by atoms with E-state index in [0.717, 1.165) is 6.42 Å². The SMILES string of the molecule is CCC1O[C@H](OC2C(O/C(=N/c3ccccc3)C(F)(F)F)OC([C@@H](C)CC)[C@@H](C)[C@@H]2C)C(N=[N+]=[N-])C(C)[C@@H]1C. The summed E-state index contributed by atoms with van der Waals surface area (Å²) < 4.78 is 67.0. The van der Waals surface area contributed by atoms with Crippen LogP contribution in [0.2, 0.25) is 0 Å². The van der Waals surface area contributed by atoms with Crippen LogP contribution in [-0.2, 0) is 18.9 Å². The summed E-state index contributed by atoms with van der Waals surface area (Å²) in [7, 11) is 0. The molecule has 2 fully saturated rings. The third-order valence-corrected chi connectivity index (χ3v) is 8.51. The molecule has 2 aliphatic heterocycles. The number of benzene rings is 1. The Hall–Kier alpha value is -2.33. The summed E-state index contributed by atoms with van der Waals surface area (Å²) in [4.78, 5) is 6.77. The number of rotatable bonds is 8. The van der Waals surface area contributed by atoms with Crippen molar-refractivity contribution in [2.75, 3.05) is 0 Å². The number of aliphatic imine (C=N–C) groups is 1. The molecule has 0 radical (unpaired) electrons. The fourth-order valence-corrected chi connectivity index (χ4v) is 5.49. The number of hydrogen-bond acceptors (Lipinski definition) is 6. The summed E-state index contributed by atoms with van der Waals surface area (Å²) in [6, 6.07) is 7.15. The largest absolute Gasteiger partial charge is 0.468 e. The molecule has 2 saturated heterocycles. The fraction of sp³-hybridized carbons (Fsp3) is 0.750. The fourth-order valence-electron chi connectivity index (χ4n) is 5.49. The van der Waals surface area contributed by atoms with Crippen LogP contribution in [0.15, 0.2) is 40.4 Å². The van der Waals surface area contributed by atoms with Crippen LogP contribution >= 0.6 is 0 Å². The number of halogens is 3. The van der Waals surface area contributed by atoms with Crippen molar-refractivity contribution in [3.63, 3.8) is 0 Å². The van der Waals surface area contributed by atoms with Crippen LogP contribution in [-0.4, -0.2) is 49.0 Å². The molecule has 0 saturated carbocycles. The predicted molar refractivity (Wildman–Crippen MR) is 142 cm³/mol. The van der Waals surface area contributed by atoms with Crippen molar-refractivity contribution >= 4 is 11.6 Å². The van der Waals surface area contributed by atoms with Gasteiger partial charge in [-0.15, -0.1) is 0 Å². The lowest BCUT2D eigenvalue weighted by Gasteiger charge is -2.49. The zero-order valence-electron chi connectivity index (χ0n) is 23.7. The topological polar surface area (TPSA) is 98.0 Å². The quantitative estimate of drug-likeness (QED) is 0.108. The van der Waals surface area contributed by atoms with Crippen LogP contribution in [0, 0.1) is 29.6 Å². The van der Waals surface area contributed by atoms with Gasteiger partial charge in [-0.1, -0.05) is 78.2 Å². The van der Waals surface area contributed by atoms with Gasteiger partial charge in [-0.05, 0) is 53.7 Å². The zero-order valence-corrected chi connectivity index (χ0v) is 23.7. The number of ether oxygens (including phenoxy) is 4. The van der Waals surface area contributed by atoms with Crippen LogP contribution in [0.5, 0.6) is 0 Å². The molecule has 2 aliphatic rings. The van der Waals surface area contributed by atoms with Crippen molar-refractivity contribution < 1.29 is 32.1 Å². The highest BCUT2D eigenvalue weighted by Gasteiger charge is 2.51. The van der Waals surface area contributed by atoms with Crippen LogP contribution in [0.25, 0.3) is 10.4 Å². The van der Waals surface area contributed by atoms with Crippen LogP contribution in [0.3, 0.4) is 0 Å². The Kier molecular flexibility index (Phi) is 10.7. The van der Waals surface area contributed by atoms with E-state index in [0.29, 0.717) is 6.42 Å². The molecule has 11 atom stereocenters. The first-order valence-electron chi connectivity index (χ1n) is 13.8. The molecule has 2 heterocycles. The van der Waals surface area contributed by atoms with Gasteiger partial charge in [0.25, 0.3) is 5.90 Å². The second kappa shape index (κ2) is 13.4. The Bertz CT molecular complexity index is 1000. The average molecular weight is 555 g/mol. The normalized spacial score (nSPS) is 36.6. The van der Waals surface area contributed by atoms with Crippen LogP contribution < -0.4 is 0 Å². The average Bonchev–Trinajstić information content (AvgIpc) is 2.91. The van der Waals surface area contributed by atoms with E-state index >= 15 is 0 Å². The van der Waals surface area contributed by atoms with E-state index in [1.807, 2.05) is 48.5 Å². The Morgan fingerprint density at radius 2 is 1.67 bits per heavy atom. The van der Waals surface area contributed by atoms with E-state index < -0.39 is 36.8 Å². The molecule has 218 valence electrons. The summed E-state index contributed by atoms with van der Waals surface area (Å²) in [6.07, 6.45) is -7.22. The Morgan fingerprint density at radius 3 is 2.23 bits per heavy atom. The molecule has 0 aromatic heterocycles. The lowest BCUT2D eigenvalue weighted by molar-refractivity contribution is -0.323. The number of azide groups is 1. The lowest BCUT2D eigenvalue weighted by Crippen LogP contribution is -2.58.